The molecule has 5 nitrogen and oxygen atoms in total. The average Bonchev–Trinajstić information content (AvgIpc) is 2.51. The van der Waals surface area contributed by atoms with Crippen molar-refractivity contribution >= 4 is 12.0 Å². The first-order valence-corrected chi connectivity index (χ1v) is 8.40. The molecule has 1 aromatic rings. The Bertz CT molecular complexity index is 559. The van der Waals surface area contributed by atoms with Gasteiger partial charge in [-0.05, 0) is 17.9 Å². The Labute approximate surface area is 145 Å². The summed E-state index contributed by atoms with van der Waals surface area (Å²) in [5.74, 6) is -0.00215. The zero-order valence-electron chi connectivity index (χ0n) is 15.8. The minimum absolute atomic E-state index is 0.114. The van der Waals surface area contributed by atoms with Gasteiger partial charge >= 0.3 is 6.09 Å². The van der Waals surface area contributed by atoms with Crippen LogP contribution in [0.5, 0.6) is 0 Å². The number of benzene rings is 1. The molecular weight excluding hydrogens is 304 g/mol. The summed E-state index contributed by atoms with van der Waals surface area (Å²) in [7, 11) is 1.24. The van der Waals surface area contributed by atoms with Gasteiger partial charge < -0.3 is 10.1 Å². The largest absolute Gasteiger partial charge is 0.453 e. The van der Waals surface area contributed by atoms with Crippen molar-refractivity contribution in [1.82, 2.24) is 5.32 Å². The fraction of sp³-hybridized carbons (Fsp3) is 0.579. The highest BCUT2D eigenvalue weighted by Crippen LogP contribution is 2.25. The van der Waals surface area contributed by atoms with E-state index in [0.717, 1.165) is 0 Å². The molecule has 0 unspecified atom stereocenters. The van der Waals surface area contributed by atoms with E-state index in [1.54, 1.807) is 6.92 Å². The molecule has 0 aromatic heterocycles. The molecule has 0 aliphatic rings. The Morgan fingerprint density at radius 2 is 1.62 bits per heavy atom. The summed E-state index contributed by atoms with van der Waals surface area (Å²) < 4.78 is 4.47. The van der Waals surface area contributed by atoms with Crippen LogP contribution in [0.2, 0.25) is 0 Å². The molecule has 0 saturated carbocycles. The second-order valence-corrected chi connectivity index (χ2v) is 7.60. The first-order valence-electron chi connectivity index (χ1n) is 8.40. The number of nitrogens with two attached hydrogens (primary N) is 1. The normalized spacial score (nSPS) is 14.2. The molecule has 5 heteroatoms. The van der Waals surface area contributed by atoms with E-state index in [1.807, 2.05) is 5.32 Å². The maximum Gasteiger partial charge on any atom is 0.413 e. The van der Waals surface area contributed by atoms with E-state index in [0.29, 0.717) is 5.92 Å². The van der Waals surface area contributed by atoms with Crippen molar-refractivity contribution in [2.45, 2.75) is 59.0 Å². The Hall–Kier alpha value is -1.88. The molecule has 2 atom stereocenters. The van der Waals surface area contributed by atoms with E-state index in [9.17, 15) is 9.59 Å². The molecule has 0 aliphatic carbocycles. The number of imide groups is 1. The van der Waals surface area contributed by atoms with Crippen molar-refractivity contribution in [3.05, 3.63) is 35.4 Å². The topological polar surface area (TPSA) is 72.0 Å². The van der Waals surface area contributed by atoms with Gasteiger partial charge in [-0.25, -0.2) is 4.79 Å². The van der Waals surface area contributed by atoms with Crippen LogP contribution in [-0.2, 0) is 14.9 Å². The molecule has 0 spiro atoms. The summed E-state index contributed by atoms with van der Waals surface area (Å²) in [6.45, 7) is 12.6. The number of amides is 2. The van der Waals surface area contributed by atoms with Crippen LogP contribution in [0.25, 0.3) is 0 Å². The summed E-state index contributed by atoms with van der Waals surface area (Å²) in [4.78, 5) is 23.2. The third kappa shape index (κ3) is 5.64. The number of alkyl carbamates (subject to hydrolysis) is 1. The number of rotatable bonds is 5. The van der Waals surface area contributed by atoms with Crippen LogP contribution in [0.4, 0.5) is 4.79 Å². The van der Waals surface area contributed by atoms with Gasteiger partial charge in [0.25, 0.3) is 5.91 Å². The Morgan fingerprint density at radius 3 is 2.04 bits per heavy atom. The van der Waals surface area contributed by atoms with Gasteiger partial charge in [0.1, 0.15) is 6.04 Å². The second kappa shape index (κ2) is 8.29. The average molecular weight is 335 g/mol. The molecule has 2 amide bonds. The zero-order valence-corrected chi connectivity index (χ0v) is 15.8. The maximum atomic E-state index is 12.0. The first-order chi connectivity index (χ1) is 11.1. The number of quaternary nitrogens is 1. The number of carbonyl (C=O) groups is 2. The van der Waals surface area contributed by atoms with Gasteiger partial charge in [-0.1, -0.05) is 58.9 Å². The zero-order chi connectivity index (χ0) is 18.5. The van der Waals surface area contributed by atoms with Crippen molar-refractivity contribution in [3.8, 4) is 0 Å². The highest BCUT2D eigenvalue weighted by Gasteiger charge is 2.27. The number of methoxy groups -OCH3 is 1. The lowest BCUT2D eigenvalue weighted by Crippen LogP contribution is -2.93. The molecule has 0 aliphatic heterocycles. The summed E-state index contributed by atoms with van der Waals surface area (Å²) >= 11 is 0. The van der Waals surface area contributed by atoms with E-state index in [1.165, 1.54) is 18.2 Å². The summed E-state index contributed by atoms with van der Waals surface area (Å²) in [5, 5.41) is 4.22. The highest BCUT2D eigenvalue weighted by atomic mass is 16.5. The molecule has 24 heavy (non-hydrogen) atoms. The molecule has 0 fully saturated rings. The van der Waals surface area contributed by atoms with E-state index in [-0.39, 0.29) is 17.4 Å². The van der Waals surface area contributed by atoms with E-state index in [4.69, 9.17) is 0 Å². The molecule has 134 valence electrons. The molecule has 1 rings (SSSR count). The van der Waals surface area contributed by atoms with Gasteiger partial charge in [0.2, 0.25) is 0 Å². The fourth-order valence-corrected chi connectivity index (χ4v) is 2.59. The van der Waals surface area contributed by atoms with Gasteiger partial charge in [-0.15, -0.1) is 0 Å². The number of nitrogens with one attached hydrogen (secondary N) is 1. The Kier molecular flexibility index (Phi) is 6.96. The molecule has 0 bridgehead atoms. The predicted molar refractivity (Wildman–Crippen MR) is 94.7 cm³/mol. The molecule has 1 aromatic carbocycles. The van der Waals surface area contributed by atoms with Crippen molar-refractivity contribution in [2.75, 3.05) is 7.11 Å². The second-order valence-electron chi connectivity index (χ2n) is 7.60. The Balaban J connectivity index is 2.87. The number of carbonyl (C=O) groups excluding carboxylic acids is 2. The van der Waals surface area contributed by atoms with Crippen molar-refractivity contribution in [2.24, 2.45) is 5.92 Å². The lowest BCUT2D eigenvalue weighted by Gasteiger charge is -2.24. The lowest BCUT2D eigenvalue weighted by molar-refractivity contribution is -0.719. The van der Waals surface area contributed by atoms with Crippen LogP contribution in [0.15, 0.2) is 24.3 Å². The van der Waals surface area contributed by atoms with Crippen LogP contribution < -0.4 is 10.6 Å². The summed E-state index contributed by atoms with van der Waals surface area (Å²) in [5.41, 5.74) is 2.57. The quantitative estimate of drug-likeness (QED) is 0.868. The minimum atomic E-state index is -0.726. The van der Waals surface area contributed by atoms with E-state index >= 15 is 0 Å². The fourth-order valence-electron chi connectivity index (χ4n) is 2.59. The van der Waals surface area contributed by atoms with Crippen LogP contribution in [0.3, 0.4) is 0 Å². The van der Waals surface area contributed by atoms with Crippen molar-refractivity contribution in [1.29, 1.82) is 0 Å². The molecular formula is C19H31N2O3+. The van der Waals surface area contributed by atoms with Crippen molar-refractivity contribution in [3.63, 3.8) is 0 Å². The first kappa shape index (κ1) is 20.2. The minimum Gasteiger partial charge on any atom is -0.453 e. The van der Waals surface area contributed by atoms with Crippen molar-refractivity contribution < 1.29 is 19.6 Å². The van der Waals surface area contributed by atoms with E-state index in [2.05, 4.69) is 68.9 Å². The van der Waals surface area contributed by atoms with Gasteiger partial charge in [0.15, 0.2) is 6.04 Å². The van der Waals surface area contributed by atoms with Gasteiger partial charge in [-0.3, -0.25) is 10.1 Å². The van der Waals surface area contributed by atoms with Gasteiger partial charge in [-0.2, -0.15) is 0 Å². The number of hydrogen-bond donors (Lipinski definition) is 2. The summed E-state index contributed by atoms with van der Waals surface area (Å²) in [6, 6.07) is 8.31. The highest BCUT2D eigenvalue weighted by molar-refractivity contribution is 5.93. The number of ether oxygens (including phenoxy) is 1. The SMILES string of the molecule is COC(=O)NC(=O)[C@@H](C)[NH2+][C@@H](c1ccc(C(C)(C)C)cc1)C(C)C. The molecule has 0 saturated heterocycles. The predicted octanol–water partition coefficient (Wildman–Crippen LogP) is 2.52. The van der Waals surface area contributed by atoms with Crippen LogP contribution in [-0.4, -0.2) is 25.2 Å². The summed E-state index contributed by atoms with van der Waals surface area (Å²) in [6.07, 6.45) is -0.726. The standard InChI is InChI=1S/C19H30N2O3/c1-12(2)16(20-13(3)17(22)21-18(23)24-7)14-8-10-15(11-9-14)19(4,5)6/h8-13,16,20H,1-7H3,(H,21,22,23)/p+1/t13-,16-/m1/s1. The monoisotopic (exact) mass is 335 g/mol. The smallest absolute Gasteiger partial charge is 0.413 e. The van der Waals surface area contributed by atoms with E-state index < -0.39 is 12.1 Å². The van der Waals surface area contributed by atoms with Crippen LogP contribution in [0, 0.1) is 5.92 Å². The van der Waals surface area contributed by atoms with Gasteiger partial charge in [0.05, 0.1) is 7.11 Å². The third-order valence-electron chi connectivity index (χ3n) is 4.20. The molecule has 3 N–H and O–H groups in total. The molecule has 0 heterocycles. The van der Waals surface area contributed by atoms with Crippen LogP contribution >= 0.6 is 0 Å². The third-order valence-corrected chi connectivity index (χ3v) is 4.20. The van der Waals surface area contributed by atoms with Crippen LogP contribution in [0.1, 0.15) is 58.7 Å². The van der Waals surface area contributed by atoms with Gasteiger partial charge in [0, 0.05) is 11.5 Å². The maximum absolute atomic E-state index is 12.0. The Morgan fingerprint density at radius 1 is 1.08 bits per heavy atom. The number of hydrogen-bond acceptors (Lipinski definition) is 3. The lowest BCUT2D eigenvalue weighted by atomic mass is 9.85. The molecule has 0 radical (unpaired) electrons.